The molecule has 0 amide bonds. The summed E-state index contributed by atoms with van der Waals surface area (Å²) in [4.78, 5) is 0. The molecule has 0 bridgehead atoms. The Morgan fingerprint density at radius 2 is 1.83 bits per heavy atom. The number of rotatable bonds is 7. The molecule has 0 N–H and O–H groups in total. The summed E-state index contributed by atoms with van der Waals surface area (Å²) in [6.45, 7) is 5.04. The molecule has 1 atom stereocenters. The highest BCUT2D eigenvalue weighted by atomic mass is 28.2. The van der Waals surface area contributed by atoms with Gasteiger partial charge in [-0.05, 0) is 13.3 Å². The molecule has 0 aliphatic carbocycles. The smallest absolute Gasteiger partial charge is 0.137 e. The van der Waals surface area contributed by atoms with Crippen LogP contribution in [0.2, 0.25) is 0 Å². The minimum absolute atomic E-state index is 0.00291. The van der Waals surface area contributed by atoms with Crippen molar-refractivity contribution in [3.8, 4) is 0 Å². The maximum absolute atomic E-state index is 5.53. The van der Waals surface area contributed by atoms with E-state index in [4.69, 9.17) is 14.2 Å². The van der Waals surface area contributed by atoms with Gasteiger partial charge in [0.1, 0.15) is 15.4 Å². The van der Waals surface area contributed by atoms with Gasteiger partial charge in [-0.3, -0.25) is 0 Å². The van der Waals surface area contributed by atoms with Gasteiger partial charge in [-0.1, -0.05) is 6.92 Å². The van der Waals surface area contributed by atoms with Crippen molar-refractivity contribution >= 4 is 9.52 Å². The molecule has 0 aromatic carbocycles. The molecule has 0 rings (SSSR count). The van der Waals surface area contributed by atoms with E-state index in [0.717, 1.165) is 13.0 Å². The van der Waals surface area contributed by atoms with Crippen LogP contribution < -0.4 is 0 Å². The predicted octanol–water partition coefficient (Wildman–Crippen LogP) is 0.504. The van der Waals surface area contributed by atoms with Crippen molar-refractivity contribution in [2.75, 3.05) is 20.8 Å². The van der Waals surface area contributed by atoms with Gasteiger partial charge in [-0.25, -0.2) is 0 Å². The molecule has 12 heavy (non-hydrogen) atoms. The van der Waals surface area contributed by atoms with E-state index in [1.165, 1.54) is 0 Å². The van der Waals surface area contributed by atoms with E-state index >= 15 is 0 Å². The lowest BCUT2D eigenvalue weighted by Crippen LogP contribution is -2.31. The molecule has 3 nitrogen and oxygen atoms in total. The fourth-order valence-corrected chi connectivity index (χ4v) is 2.18. The van der Waals surface area contributed by atoms with E-state index in [2.05, 4.69) is 13.8 Å². The SMILES string of the molecule is CCCOC(C)[SiH2]C(OC)OC. The lowest BCUT2D eigenvalue weighted by molar-refractivity contribution is -0.0488. The summed E-state index contributed by atoms with van der Waals surface area (Å²) in [5, 5.41) is 0. The minimum atomic E-state index is -0.437. The van der Waals surface area contributed by atoms with Crippen molar-refractivity contribution in [2.45, 2.75) is 31.9 Å². The number of hydrogen-bond donors (Lipinski definition) is 0. The van der Waals surface area contributed by atoms with E-state index in [0.29, 0.717) is 5.73 Å². The molecule has 0 aromatic rings. The maximum atomic E-state index is 5.53. The third kappa shape index (κ3) is 5.71. The van der Waals surface area contributed by atoms with E-state index in [1.54, 1.807) is 14.2 Å². The topological polar surface area (TPSA) is 27.7 Å². The Bertz CT molecular complexity index is 96.3. The number of methoxy groups -OCH3 is 2. The molecule has 0 spiro atoms. The Morgan fingerprint density at radius 3 is 2.25 bits per heavy atom. The Labute approximate surface area is 77.2 Å². The van der Waals surface area contributed by atoms with E-state index in [1.807, 2.05) is 0 Å². The van der Waals surface area contributed by atoms with Crippen LogP contribution in [0.3, 0.4) is 0 Å². The van der Waals surface area contributed by atoms with Gasteiger partial charge in [0.2, 0.25) is 0 Å². The molecule has 0 aliphatic rings. The Balaban J connectivity index is 3.44. The van der Waals surface area contributed by atoms with Crippen LogP contribution in [-0.4, -0.2) is 42.0 Å². The Hall–Kier alpha value is 0.0969. The largest absolute Gasteiger partial charge is 0.382 e. The summed E-state index contributed by atoms with van der Waals surface area (Å²) in [6, 6.07) is 0. The highest BCUT2D eigenvalue weighted by Gasteiger charge is 2.12. The average Bonchev–Trinajstić information content (AvgIpc) is 2.10. The van der Waals surface area contributed by atoms with Crippen molar-refractivity contribution in [3.05, 3.63) is 0 Å². The first-order valence-corrected chi connectivity index (χ1v) is 6.05. The van der Waals surface area contributed by atoms with E-state index in [-0.39, 0.29) is 5.91 Å². The fourth-order valence-electron chi connectivity index (χ4n) is 0.947. The molecule has 74 valence electrons. The van der Waals surface area contributed by atoms with Gasteiger partial charge < -0.3 is 14.2 Å². The standard InChI is InChI=1S/C8H20O3Si/c1-5-6-11-7(2)12-8(9-3)10-4/h7-8H,5-6,12H2,1-4H3. The normalized spacial score (nSPS) is 14.8. The van der Waals surface area contributed by atoms with Gasteiger partial charge >= 0.3 is 0 Å². The molecule has 0 aliphatic heterocycles. The Morgan fingerprint density at radius 1 is 1.25 bits per heavy atom. The molecular weight excluding hydrogens is 172 g/mol. The van der Waals surface area contributed by atoms with Crippen LogP contribution in [0.1, 0.15) is 20.3 Å². The summed E-state index contributed by atoms with van der Waals surface area (Å²) in [5.41, 5.74) is 0.342. The van der Waals surface area contributed by atoms with Crippen molar-refractivity contribution in [1.29, 1.82) is 0 Å². The lowest BCUT2D eigenvalue weighted by atomic mass is 10.5. The molecule has 0 saturated heterocycles. The minimum Gasteiger partial charge on any atom is -0.382 e. The van der Waals surface area contributed by atoms with Crippen molar-refractivity contribution in [3.63, 3.8) is 0 Å². The molecule has 0 heterocycles. The van der Waals surface area contributed by atoms with Crippen LogP contribution in [0.4, 0.5) is 0 Å². The molecular formula is C8H20O3Si. The number of hydrogen-bond acceptors (Lipinski definition) is 3. The average molecular weight is 192 g/mol. The summed E-state index contributed by atoms with van der Waals surface area (Å²) >= 11 is 0. The lowest BCUT2D eigenvalue weighted by Gasteiger charge is -2.17. The highest BCUT2D eigenvalue weighted by molar-refractivity contribution is 6.38. The second kappa shape index (κ2) is 7.73. The molecule has 4 heteroatoms. The van der Waals surface area contributed by atoms with Crippen molar-refractivity contribution in [1.82, 2.24) is 0 Å². The first kappa shape index (κ1) is 12.1. The summed E-state index contributed by atoms with van der Waals surface area (Å²) in [7, 11) is 2.91. The second-order valence-corrected chi connectivity index (χ2v) is 5.11. The van der Waals surface area contributed by atoms with Crippen LogP contribution in [0, 0.1) is 0 Å². The first-order chi connectivity index (χ1) is 5.74. The monoisotopic (exact) mass is 192 g/mol. The van der Waals surface area contributed by atoms with Crippen LogP contribution in [0.15, 0.2) is 0 Å². The summed E-state index contributed by atoms with van der Waals surface area (Å²) in [6.07, 6.45) is 1.07. The third-order valence-electron chi connectivity index (χ3n) is 1.66. The first-order valence-electron chi connectivity index (χ1n) is 4.41. The van der Waals surface area contributed by atoms with Crippen LogP contribution in [-0.2, 0) is 14.2 Å². The summed E-state index contributed by atoms with van der Waals surface area (Å²) < 4.78 is 15.7. The predicted molar refractivity (Wildman–Crippen MR) is 52.1 cm³/mol. The van der Waals surface area contributed by atoms with Crippen molar-refractivity contribution < 1.29 is 14.2 Å². The van der Waals surface area contributed by atoms with E-state index < -0.39 is 9.52 Å². The van der Waals surface area contributed by atoms with Gasteiger partial charge in [0.25, 0.3) is 0 Å². The van der Waals surface area contributed by atoms with Gasteiger partial charge in [-0.2, -0.15) is 0 Å². The third-order valence-corrected chi connectivity index (χ3v) is 3.61. The second-order valence-electron chi connectivity index (χ2n) is 2.82. The van der Waals surface area contributed by atoms with Gasteiger partial charge in [0, 0.05) is 26.6 Å². The molecule has 1 unspecified atom stereocenters. The Kier molecular flexibility index (Phi) is 7.79. The molecule has 0 aromatic heterocycles. The highest BCUT2D eigenvalue weighted by Crippen LogP contribution is 1.96. The van der Waals surface area contributed by atoms with Crippen molar-refractivity contribution in [2.24, 2.45) is 0 Å². The van der Waals surface area contributed by atoms with Crippen LogP contribution in [0.5, 0.6) is 0 Å². The molecule has 0 fully saturated rings. The van der Waals surface area contributed by atoms with Gasteiger partial charge in [-0.15, -0.1) is 0 Å². The molecule has 0 radical (unpaired) electrons. The fraction of sp³-hybridized carbons (Fsp3) is 1.00. The zero-order valence-electron chi connectivity index (χ0n) is 8.50. The van der Waals surface area contributed by atoms with E-state index in [9.17, 15) is 0 Å². The number of ether oxygens (including phenoxy) is 3. The van der Waals surface area contributed by atoms with Gasteiger partial charge in [0.15, 0.2) is 0 Å². The van der Waals surface area contributed by atoms with Crippen LogP contribution >= 0.6 is 0 Å². The summed E-state index contributed by atoms with van der Waals surface area (Å²) in [5.74, 6) is -0.00291. The molecule has 0 saturated carbocycles. The quantitative estimate of drug-likeness (QED) is 0.434. The van der Waals surface area contributed by atoms with Crippen LogP contribution in [0.25, 0.3) is 0 Å². The zero-order valence-corrected chi connectivity index (χ0v) is 9.91. The maximum Gasteiger partial charge on any atom is 0.137 e. The zero-order chi connectivity index (χ0) is 9.40. The van der Waals surface area contributed by atoms with Gasteiger partial charge in [0.05, 0.1) is 0 Å².